The monoisotopic (exact) mass is 574 g/mol. The zero-order valence-corrected chi connectivity index (χ0v) is 22.1. The molecular formula is C28H26ClF3N4O4. The van der Waals surface area contributed by atoms with Crippen molar-refractivity contribution < 1.29 is 27.9 Å². The third-order valence-corrected chi connectivity index (χ3v) is 6.01. The van der Waals surface area contributed by atoms with Crippen molar-refractivity contribution >= 4 is 23.9 Å². The highest BCUT2D eigenvalue weighted by molar-refractivity contribution is 6.30. The first-order chi connectivity index (χ1) is 19.0. The molecule has 0 unspecified atom stereocenters. The second kappa shape index (κ2) is 13.7. The maximum atomic E-state index is 12.6. The summed E-state index contributed by atoms with van der Waals surface area (Å²) in [5.41, 5.74) is 0.773. The number of carbonyl (C=O) groups excluding carboxylic acids is 1. The first-order valence-electron chi connectivity index (χ1n) is 12.0. The Balaban J connectivity index is 0.000000267. The van der Waals surface area contributed by atoms with Crippen molar-refractivity contribution in [2.75, 3.05) is 13.6 Å². The van der Waals surface area contributed by atoms with E-state index in [1.165, 1.54) is 28.8 Å². The van der Waals surface area contributed by atoms with Crippen LogP contribution in [0.15, 0.2) is 77.6 Å². The average molecular weight is 575 g/mol. The van der Waals surface area contributed by atoms with Crippen molar-refractivity contribution in [1.29, 1.82) is 0 Å². The van der Waals surface area contributed by atoms with Gasteiger partial charge in [0.15, 0.2) is 5.82 Å². The number of halogens is 4. The van der Waals surface area contributed by atoms with Crippen LogP contribution in [0.1, 0.15) is 27.0 Å². The topological polar surface area (TPSA) is 106 Å². The minimum Gasteiger partial charge on any atom is -0.478 e. The van der Waals surface area contributed by atoms with E-state index in [-0.39, 0.29) is 18.7 Å². The van der Waals surface area contributed by atoms with E-state index in [1.54, 1.807) is 49.5 Å². The molecule has 0 spiro atoms. The van der Waals surface area contributed by atoms with Crippen LogP contribution in [0.3, 0.4) is 0 Å². The molecule has 0 aliphatic rings. The maximum absolute atomic E-state index is 12.6. The Bertz CT molecular complexity index is 1520. The largest absolute Gasteiger partial charge is 0.478 e. The lowest BCUT2D eigenvalue weighted by Crippen LogP contribution is -2.26. The van der Waals surface area contributed by atoms with E-state index >= 15 is 0 Å². The van der Waals surface area contributed by atoms with Gasteiger partial charge in [-0.2, -0.15) is 13.2 Å². The molecule has 0 bridgehead atoms. The second-order valence-corrected chi connectivity index (χ2v) is 9.00. The summed E-state index contributed by atoms with van der Waals surface area (Å²) in [6, 6.07) is 18.8. The third-order valence-electron chi connectivity index (χ3n) is 5.75. The highest BCUT2D eigenvalue weighted by Gasteiger charge is 2.32. The molecule has 40 heavy (non-hydrogen) atoms. The molecular weight excluding hydrogens is 549 g/mol. The number of carboxylic acid groups (broad SMARTS) is 1. The van der Waals surface area contributed by atoms with E-state index in [1.807, 2.05) is 0 Å². The molecule has 1 heterocycles. The lowest BCUT2D eigenvalue weighted by molar-refractivity contribution is -0.138. The lowest BCUT2D eigenvalue weighted by atomic mass is 10.0. The van der Waals surface area contributed by atoms with E-state index in [4.69, 9.17) is 16.7 Å². The van der Waals surface area contributed by atoms with E-state index in [2.05, 4.69) is 10.4 Å². The fraction of sp³-hybridized carbons (Fsp3) is 0.214. The second-order valence-electron chi connectivity index (χ2n) is 8.56. The standard InChI is InChI=1S/C18H14ClN3O4.C10H12F3N/c19-15-6-4-13(5-7-15)16-20-22(8-9-23)18(26)21(16)11-12-2-1-3-14(10-12)17(24)25;1-14-7-6-8-4-2-3-5-9(8)10(11,12)13/h1-7,9-10H,8,11H2,(H,24,25);2-5,14H,6-7H2,1H3. The number of carbonyl (C=O) groups is 2. The Hall–Kier alpha value is -4.22. The minimum absolute atomic E-state index is 0.122. The molecule has 0 saturated carbocycles. The molecule has 4 aromatic rings. The molecule has 0 amide bonds. The summed E-state index contributed by atoms with van der Waals surface area (Å²) in [5.74, 6) is -0.678. The summed E-state index contributed by atoms with van der Waals surface area (Å²) in [7, 11) is 1.72. The van der Waals surface area contributed by atoms with Crippen molar-refractivity contribution in [1.82, 2.24) is 19.7 Å². The number of benzene rings is 3. The highest BCUT2D eigenvalue weighted by Crippen LogP contribution is 2.31. The number of nitrogens with zero attached hydrogens (tertiary/aromatic N) is 3. The molecule has 0 atom stereocenters. The molecule has 12 heteroatoms. The van der Waals surface area contributed by atoms with E-state index < -0.39 is 23.4 Å². The number of carboxylic acids is 1. The van der Waals surface area contributed by atoms with Crippen molar-refractivity contribution in [3.63, 3.8) is 0 Å². The number of hydrogen-bond donors (Lipinski definition) is 2. The molecule has 0 fully saturated rings. The number of hydrogen-bond acceptors (Lipinski definition) is 5. The first-order valence-corrected chi connectivity index (χ1v) is 12.4. The van der Waals surface area contributed by atoms with E-state index in [0.29, 0.717) is 46.8 Å². The number of likely N-dealkylation sites (N-methyl/N-ethyl adjacent to an activating group) is 1. The van der Waals surface area contributed by atoms with Gasteiger partial charge < -0.3 is 15.2 Å². The maximum Gasteiger partial charge on any atom is 0.416 e. The van der Waals surface area contributed by atoms with Crippen LogP contribution in [-0.2, 0) is 30.5 Å². The van der Waals surface area contributed by atoms with Gasteiger partial charge in [-0.25, -0.2) is 14.3 Å². The van der Waals surface area contributed by atoms with Gasteiger partial charge in [0, 0.05) is 10.6 Å². The normalized spacial score (nSPS) is 11.0. The number of nitrogens with one attached hydrogen (secondary N) is 1. The lowest BCUT2D eigenvalue weighted by Gasteiger charge is -2.11. The molecule has 0 saturated heterocycles. The van der Waals surface area contributed by atoms with E-state index in [0.717, 1.165) is 10.7 Å². The zero-order valence-electron chi connectivity index (χ0n) is 21.4. The van der Waals surface area contributed by atoms with Crippen LogP contribution in [0.4, 0.5) is 13.2 Å². The van der Waals surface area contributed by atoms with Gasteiger partial charge in [-0.05, 0) is 73.6 Å². The summed E-state index contributed by atoms with van der Waals surface area (Å²) >= 11 is 5.91. The van der Waals surface area contributed by atoms with Crippen LogP contribution >= 0.6 is 11.6 Å². The molecule has 3 aromatic carbocycles. The summed E-state index contributed by atoms with van der Waals surface area (Å²) in [4.78, 5) is 34.6. The van der Waals surface area contributed by atoms with Crippen LogP contribution in [0.25, 0.3) is 11.4 Å². The molecule has 4 rings (SSSR count). The van der Waals surface area contributed by atoms with Gasteiger partial charge in [0.05, 0.1) is 17.7 Å². The van der Waals surface area contributed by atoms with Gasteiger partial charge in [-0.3, -0.25) is 4.57 Å². The quantitative estimate of drug-likeness (QED) is 0.279. The zero-order chi connectivity index (χ0) is 29.3. The molecule has 0 aliphatic carbocycles. The fourth-order valence-corrected chi connectivity index (χ4v) is 3.97. The van der Waals surface area contributed by atoms with Gasteiger partial charge in [0.25, 0.3) is 0 Å². The first kappa shape index (κ1) is 30.3. The number of alkyl halides is 3. The molecule has 0 aliphatic heterocycles. The van der Waals surface area contributed by atoms with Crippen LogP contribution in [0.2, 0.25) is 5.02 Å². The Morgan fingerprint density at radius 1 is 1.07 bits per heavy atom. The van der Waals surface area contributed by atoms with Gasteiger partial charge in [-0.1, -0.05) is 41.9 Å². The van der Waals surface area contributed by atoms with Crippen molar-refractivity contribution in [2.24, 2.45) is 0 Å². The van der Waals surface area contributed by atoms with Crippen molar-refractivity contribution in [3.8, 4) is 11.4 Å². The van der Waals surface area contributed by atoms with Gasteiger partial charge in [-0.15, -0.1) is 5.10 Å². The molecule has 2 N–H and O–H groups in total. The number of aromatic nitrogens is 3. The SMILES string of the molecule is CNCCc1ccccc1C(F)(F)F.O=CCn1nc(-c2ccc(Cl)cc2)n(Cc2cccc(C(=O)O)c2)c1=O. The van der Waals surface area contributed by atoms with Gasteiger partial charge in [0.1, 0.15) is 12.8 Å². The molecule has 210 valence electrons. The number of rotatable bonds is 9. The number of aldehydes is 1. The predicted octanol–water partition coefficient (Wildman–Crippen LogP) is 4.78. The summed E-state index contributed by atoms with van der Waals surface area (Å²) in [5, 5.41) is 16.7. The van der Waals surface area contributed by atoms with E-state index in [9.17, 15) is 27.6 Å². The van der Waals surface area contributed by atoms with Crippen LogP contribution < -0.4 is 11.0 Å². The van der Waals surface area contributed by atoms with Crippen molar-refractivity contribution in [2.45, 2.75) is 25.7 Å². The van der Waals surface area contributed by atoms with Crippen molar-refractivity contribution in [3.05, 3.63) is 111 Å². The minimum atomic E-state index is -4.25. The molecule has 8 nitrogen and oxygen atoms in total. The number of aromatic carboxylic acids is 1. The summed E-state index contributed by atoms with van der Waals surface area (Å²) in [6.07, 6.45) is -3.26. The predicted molar refractivity (Wildman–Crippen MR) is 145 cm³/mol. The Labute approximate surface area is 232 Å². The molecule has 0 radical (unpaired) electrons. The summed E-state index contributed by atoms with van der Waals surface area (Å²) in [6.45, 7) is 0.505. The fourth-order valence-electron chi connectivity index (χ4n) is 3.85. The Morgan fingerprint density at radius 3 is 2.40 bits per heavy atom. The Kier molecular flexibility index (Phi) is 10.4. The average Bonchev–Trinajstić information content (AvgIpc) is 3.23. The highest BCUT2D eigenvalue weighted by atomic mass is 35.5. The Morgan fingerprint density at radius 2 is 1.77 bits per heavy atom. The van der Waals surface area contributed by atoms with Crippen LogP contribution in [0.5, 0.6) is 0 Å². The summed E-state index contributed by atoms with van der Waals surface area (Å²) < 4.78 is 39.8. The molecule has 1 aromatic heterocycles. The van der Waals surface area contributed by atoms with Crippen LogP contribution in [0, 0.1) is 0 Å². The van der Waals surface area contributed by atoms with Crippen LogP contribution in [-0.4, -0.2) is 45.3 Å². The smallest absolute Gasteiger partial charge is 0.416 e. The van der Waals surface area contributed by atoms with Gasteiger partial charge in [0.2, 0.25) is 0 Å². The third kappa shape index (κ3) is 7.90. The van der Waals surface area contributed by atoms with Gasteiger partial charge >= 0.3 is 17.8 Å².